The monoisotopic (exact) mass is 265 g/mol. The molecule has 6 heteroatoms. The Kier molecular flexibility index (Phi) is 5.52. The number of carbonyl (C=O) groups excluding carboxylic acids is 1. The number of carboxylic acid groups (broad SMARTS) is 1. The van der Waals surface area contributed by atoms with E-state index in [1.807, 2.05) is 0 Å². The predicted molar refractivity (Wildman–Crippen MR) is 69.3 cm³/mol. The fourth-order valence-electron chi connectivity index (χ4n) is 1.94. The van der Waals surface area contributed by atoms with E-state index in [4.69, 9.17) is 10.4 Å². The van der Waals surface area contributed by atoms with Crippen LogP contribution in [0.25, 0.3) is 0 Å². The Hall–Kier alpha value is -1.87. The molecule has 0 radical (unpaired) electrons. The minimum atomic E-state index is -1.06. The van der Waals surface area contributed by atoms with Crippen LogP contribution in [-0.2, 0) is 9.59 Å². The van der Waals surface area contributed by atoms with Crippen LogP contribution in [0.3, 0.4) is 0 Å². The summed E-state index contributed by atoms with van der Waals surface area (Å²) >= 11 is 0. The maximum absolute atomic E-state index is 12.1. The molecule has 0 atom stereocenters. The zero-order chi connectivity index (χ0) is 14.4. The average Bonchev–Trinajstić information content (AvgIpc) is 2.43. The van der Waals surface area contributed by atoms with Crippen molar-refractivity contribution in [1.29, 1.82) is 5.26 Å². The molecule has 104 valence electrons. The lowest BCUT2D eigenvalue weighted by atomic mass is 10.1. The summed E-state index contributed by atoms with van der Waals surface area (Å²) in [5.41, 5.74) is 0.384. The standard InChI is InChI=1S/C13H19N3O3/c1-10(11(2)13(18)19)12(17)16-8-6-15(7-9-16)5-3-4-14/h3,5-9H2,1-2H3,(H,18,19). The van der Waals surface area contributed by atoms with Gasteiger partial charge in [-0.3, -0.25) is 9.69 Å². The Labute approximate surface area is 112 Å². The molecule has 1 fully saturated rings. The van der Waals surface area contributed by atoms with E-state index in [0.29, 0.717) is 19.5 Å². The van der Waals surface area contributed by atoms with Crippen LogP contribution in [-0.4, -0.2) is 59.5 Å². The lowest BCUT2D eigenvalue weighted by Crippen LogP contribution is -2.49. The minimum Gasteiger partial charge on any atom is -0.478 e. The van der Waals surface area contributed by atoms with Crippen LogP contribution < -0.4 is 0 Å². The molecule has 1 aliphatic rings. The number of carboxylic acids is 1. The van der Waals surface area contributed by atoms with E-state index in [9.17, 15) is 9.59 Å². The van der Waals surface area contributed by atoms with Crippen molar-refractivity contribution in [3.63, 3.8) is 0 Å². The number of nitriles is 1. The van der Waals surface area contributed by atoms with E-state index < -0.39 is 5.97 Å². The van der Waals surface area contributed by atoms with Gasteiger partial charge in [-0.05, 0) is 13.8 Å². The summed E-state index contributed by atoms with van der Waals surface area (Å²) < 4.78 is 0. The lowest BCUT2D eigenvalue weighted by Gasteiger charge is -2.34. The van der Waals surface area contributed by atoms with Gasteiger partial charge in [0.1, 0.15) is 0 Å². The Bertz CT molecular complexity index is 429. The van der Waals surface area contributed by atoms with Gasteiger partial charge in [-0.2, -0.15) is 5.26 Å². The highest BCUT2D eigenvalue weighted by Crippen LogP contribution is 2.11. The molecule has 0 spiro atoms. The van der Waals surface area contributed by atoms with E-state index in [2.05, 4.69) is 11.0 Å². The lowest BCUT2D eigenvalue weighted by molar-refractivity contribution is -0.134. The van der Waals surface area contributed by atoms with Crippen molar-refractivity contribution in [2.45, 2.75) is 20.3 Å². The molecular formula is C13H19N3O3. The van der Waals surface area contributed by atoms with Crippen molar-refractivity contribution in [1.82, 2.24) is 9.80 Å². The molecule has 1 saturated heterocycles. The summed E-state index contributed by atoms with van der Waals surface area (Å²) in [6.45, 7) is 6.33. The number of nitrogens with zero attached hydrogens (tertiary/aromatic N) is 3. The molecule has 0 bridgehead atoms. The van der Waals surface area contributed by atoms with Crippen LogP contribution in [0.4, 0.5) is 0 Å². The van der Waals surface area contributed by atoms with Crippen LogP contribution in [0.15, 0.2) is 11.1 Å². The first kappa shape index (κ1) is 15.2. The zero-order valence-electron chi connectivity index (χ0n) is 11.3. The zero-order valence-corrected chi connectivity index (χ0v) is 11.3. The molecule has 0 aliphatic carbocycles. The molecule has 0 aromatic carbocycles. The number of aliphatic carboxylic acids is 1. The molecule has 0 aromatic rings. The smallest absolute Gasteiger partial charge is 0.331 e. The number of hydrogen-bond donors (Lipinski definition) is 1. The Morgan fingerprint density at radius 2 is 1.74 bits per heavy atom. The highest BCUT2D eigenvalue weighted by molar-refractivity contribution is 6.01. The number of amides is 1. The van der Waals surface area contributed by atoms with Crippen molar-refractivity contribution < 1.29 is 14.7 Å². The van der Waals surface area contributed by atoms with Gasteiger partial charge in [0.15, 0.2) is 0 Å². The topological polar surface area (TPSA) is 84.6 Å². The second-order valence-electron chi connectivity index (χ2n) is 4.60. The van der Waals surface area contributed by atoms with Crippen LogP contribution in [0, 0.1) is 11.3 Å². The van der Waals surface area contributed by atoms with E-state index in [1.54, 1.807) is 11.8 Å². The molecule has 6 nitrogen and oxygen atoms in total. The van der Waals surface area contributed by atoms with E-state index >= 15 is 0 Å². The Morgan fingerprint density at radius 3 is 2.21 bits per heavy atom. The van der Waals surface area contributed by atoms with Crippen molar-refractivity contribution in [3.05, 3.63) is 11.1 Å². The number of piperazine rings is 1. The average molecular weight is 265 g/mol. The van der Waals surface area contributed by atoms with Gasteiger partial charge in [0.25, 0.3) is 0 Å². The van der Waals surface area contributed by atoms with Crippen molar-refractivity contribution in [2.75, 3.05) is 32.7 Å². The van der Waals surface area contributed by atoms with Gasteiger partial charge in [-0.25, -0.2) is 4.79 Å². The summed E-state index contributed by atoms with van der Waals surface area (Å²) in [4.78, 5) is 26.7. The van der Waals surface area contributed by atoms with Gasteiger partial charge in [0.05, 0.1) is 6.07 Å². The highest BCUT2D eigenvalue weighted by Gasteiger charge is 2.23. The quantitative estimate of drug-likeness (QED) is 0.747. The highest BCUT2D eigenvalue weighted by atomic mass is 16.4. The molecule has 0 aromatic heterocycles. The molecule has 1 N–H and O–H groups in total. The van der Waals surface area contributed by atoms with Crippen LogP contribution in [0.1, 0.15) is 20.3 Å². The molecule has 0 saturated carbocycles. The Morgan fingerprint density at radius 1 is 1.16 bits per heavy atom. The molecule has 0 unspecified atom stereocenters. The molecule has 1 heterocycles. The molecular weight excluding hydrogens is 246 g/mol. The van der Waals surface area contributed by atoms with Gasteiger partial charge in [-0.1, -0.05) is 0 Å². The second-order valence-corrected chi connectivity index (χ2v) is 4.60. The van der Waals surface area contributed by atoms with Gasteiger partial charge in [-0.15, -0.1) is 0 Å². The number of carbonyl (C=O) groups is 2. The van der Waals surface area contributed by atoms with Gasteiger partial charge < -0.3 is 10.0 Å². The van der Waals surface area contributed by atoms with E-state index in [1.165, 1.54) is 6.92 Å². The summed E-state index contributed by atoms with van der Waals surface area (Å²) in [5, 5.41) is 17.4. The first-order valence-electron chi connectivity index (χ1n) is 6.26. The SMILES string of the molecule is CC(C(=O)O)=C(C)C(=O)N1CCN(CCC#N)CC1. The second kappa shape index (κ2) is 6.90. The summed E-state index contributed by atoms with van der Waals surface area (Å²) in [6, 6.07) is 2.10. The van der Waals surface area contributed by atoms with Gasteiger partial charge >= 0.3 is 5.97 Å². The van der Waals surface area contributed by atoms with Gasteiger partial charge in [0.2, 0.25) is 5.91 Å². The fourth-order valence-corrected chi connectivity index (χ4v) is 1.94. The third-order valence-corrected chi connectivity index (χ3v) is 3.40. The van der Waals surface area contributed by atoms with Crippen LogP contribution in [0.2, 0.25) is 0 Å². The van der Waals surface area contributed by atoms with Crippen LogP contribution >= 0.6 is 0 Å². The molecule has 1 rings (SSSR count). The fraction of sp³-hybridized carbons (Fsp3) is 0.615. The Balaban J connectivity index is 2.56. The number of hydrogen-bond acceptors (Lipinski definition) is 4. The van der Waals surface area contributed by atoms with E-state index in [0.717, 1.165) is 19.6 Å². The third-order valence-electron chi connectivity index (χ3n) is 3.40. The summed E-state index contributed by atoms with van der Waals surface area (Å²) in [6.07, 6.45) is 0.491. The largest absolute Gasteiger partial charge is 0.478 e. The van der Waals surface area contributed by atoms with Gasteiger partial charge in [0, 0.05) is 50.3 Å². The van der Waals surface area contributed by atoms with Crippen molar-refractivity contribution in [3.8, 4) is 6.07 Å². The summed E-state index contributed by atoms with van der Waals surface area (Å²) in [7, 11) is 0. The summed E-state index contributed by atoms with van der Waals surface area (Å²) in [5.74, 6) is -1.27. The first-order valence-corrected chi connectivity index (χ1v) is 6.26. The minimum absolute atomic E-state index is 0.0944. The van der Waals surface area contributed by atoms with Crippen LogP contribution in [0.5, 0.6) is 0 Å². The van der Waals surface area contributed by atoms with Crippen molar-refractivity contribution in [2.24, 2.45) is 0 Å². The van der Waals surface area contributed by atoms with E-state index in [-0.39, 0.29) is 17.1 Å². The molecule has 19 heavy (non-hydrogen) atoms. The molecule has 1 aliphatic heterocycles. The normalized spacial score (nSPS) is 17.6. The maximum atomic E-state index is 12.1. The third kappa shape index (κ3) is 4.07. The molecule has 1 amide bonds. The van der Waals surface area contributed by atoms with Crippen molar-refractivity contribution >= 4 is 11.9 Å². The number of rotatable bonds is 4. The first-order chi connectivity index (χ1) is 8.97. The predicted octanol–water partition coefficient (Wildman–Crippen LogP) is 0.465. The maximum Gasteiger partial charge on any atom is 0.331 e.